The number of nitrogens with two attached hydrogens (primary N) is 1. The van der Waals surface area contributed by atoms with Gasteiger partial charge < -0.3 is 10.5 Å². The molecule has 0 aromatic heterocycles. The molecule has 2 unspecified atom stereocenters. The van der Waals surface area contributed by atoms with Crippen molar-refractivity contribution in [3.63, 3.8) is 0 Å². The lowest BCUT2D eigenvalue weighted by Gasteiger charge is -2.38. The summed E-state index contributed by atoms with van der Waals surface area (Å²) in [6.07, 6.45) is 5.34. The second-order valence-electron chi connectivity index (χ2n) is 5.13. The minimum Gasteiger partial charge on any atom is -0.377 e. The number of hydrogen-bond donors (Lipinski definition) is 1. The SMILES string of the molecule is CC1(N)CCCN(CC2CCCO2)C1. The first-order chi connectivity index (χ1) is 6.66. The van der Waals surface area contributed by atoms with Crippen LogP contribution in [0.1, 0.15) is 32.6 Å². The summed E-state index contributed by atoms with van der Waals surface area (Å²) in [4.78, 5) is 2.47. The Morgan fingerprint density at radius 3 is 3.00 bits per heavy atom. The zero-order valence-corrected chi connectivity index (χ0v) is 9.17. The van der Waals surface area contributed by atoms with Crippen LogP contribution in [0.3, 0.4) is 0 Å². The largest absolute Gasteiger partial charge is 0.377 e. The Hall–Kier alpha value is -0.120. The van der Waals surface area contributed by atoms with Gasteiger partial charge in [-0.1, -0.05) is 0 Å². The van der Waals surface area contributed by atoms with Crippen molar-refractivity contribution in [1.29, 1.82) is 0 Å². The first kappa shape index (κ1) is 10.4. The Balaban J connectivity index is 1.79. The Morgan fingerprint density at radius 2 is 2.36 bits per heavy atom. The molecule has 0 aliphatic carbocycles. The molecule has 2 heterocycles. The maximum absolute atomic E-state index is 6.16. The van der Waals surface area contributed by atoms with Crippen LogP contribution in [0.5, 0.6) is 0 Å². The fourth-order valence-electron chi connectivity index (χ4n) is 2.61. The molecular weight excluding hydrogens is 176 g/mol. The average Bonchev–Trinajstić information content (AvgIpc) is 2.54. The number of nitrogens with zero attached hydrogens (tertiary/aromatic N) is 1. The van der Waals surface area contributed by atoms with E-state index in [2.05, 4.69) is 11.8 Å². The fourth-order valence-corrected chi connectivity index (χ4v) is 2.61. The van der Waals surface area contributed by atoms with Crippen LogP contribution in [0.2, 0.25) is 0 Å². The molecule has 2 atom stereocenters. The third kappa shape index (κ3) is 2.69. The highest BCUT2D eigenvalue weighted by molar-refractivity contribution is 4.88. The van der Waals surface area contributed by atoms with Crippen molar-refractivity contribution in [3.8, 4) is 0 Å². The van der Waals surface area contributed by atoms with Gasteiger partial charge in [-0.15, -0.1) is 0 Å². The summed E-state index contributed by atoms with van der Waals surface area (Å²) in [7, 11) is 0. The number of ether oxygens (including phenoxy) is 1. The van der Waals surface area contributed by atoms with Crippen molar-refractivity contribution in [1.82, 2.24) is 4.90 Å². The minimum absolute atomic E-state index is 0.0247. The van der Waals surface area contributed by atoms with Gasteiger partial charge in [-0.2, -0.15) is 0 Å². The van der Waals surface area contributed by atoms with Crippen LogP contribution in [0, 0.1) is 0 Å². The second-order valence-corrected chi connectivity index (χ2v) is 5.13. The molecule has 3 nitrogen and oxygen atoms in total. The van der Waals surface area contributed by atoms with Crippen LogP contribution in [-0.2, 0) is 4.74 Å². The maximum atomic E-state index is 6.16. The molecule has 2 N–H and O–H groups in total. The first-order valence-electron chi connectivity index (χ1n) is 5.79. The minimum atomic E-state index is 0.0247. The van der Waals surface area contributed by atoms with Crippen LogP contribution in [0.4, 0.5) is 0 Å². The van der Waals surface area contributed by atoms with Crippen molar-refractivity contribution >= 4 is 0 Å². The lowest BCUT2D eigenvalue weighted by molar-refractivity contribution is 0.0539. The molecule has 0 aromatic rings. The molecule has 14 heavy (non-hydrogen) atoms. The normalized spacial score (nSPS) is 40.3. The maximum Gasteiger partial charge on any atom is 0.0702 e. The van der Waals surface area contributed by atoms with Crippen molar-refractivity contribution in [2.24, 2.45) is 5.73 Å². The monoisotopic (exact) mass is 198 g/mol. The quantitative estimate of drug-likeness (QED) is 0.719. The molecule has 2 aliphatic rings. The van der Waals surface area contributed by atoms with E-state index in [9.17, 15) is 0 Å². The summed E-state index contributed by atoms with van der Waals surface area (Å²) in [5, 5.41) is 0. The molecule has 2 aliphatic heterocycles. The van der Waals surface area contributed by atoms with E-state index in [4.69, 9.17) is 10.5 Å². The summed E-state index contributed by atoms with van der Waals surface area (Å²) in [6.45, 7) is 6.44. The van der Waals surface area contributed by atoms with E-state index in [1.165, 1.54) is 25.8 Å². The summed E-state index contributed by atoms with van der Waals surface area (Å²) in [5.41, 5.74) is 6.18. The summed E-state index contributed by atoms with van der Waals surface area (Å²) in [6, 6.07) is 0. The molecule has 3 heteroatoms. The van der Waals surface area contributed by atoms with E-state index in [0.717, 1.165) is 26.1 Å². The van der Waals surface area contributed by atoms with Gasteiger partial charge in [0.2, 0.25) is 0 Å². The van der Waals surface area contributed by atoms with Crippen LogP contribution in [-0.4, -0.2) is 42.8 Å². The van der Waals surface area contributed by atoms with Gasteiger partial charge >= 0.3 is 0 Å². The lowest BCUT2D eigenvalue weighted by atomic mass is 9.92. The molecule has 82 valence electrons. The van der Waals surface area contributed by atoms with Crippen molar-refractivity contribution < 1.29 is 4.74 Å². The fraction of sp³-hybridized carbons (Fsp3) is 1.00. The molecule has 0 amide bonds. The van der Waals surface area contributed by atoms with Crippen molar-refractivity contribution in [3.05, 3.63) is 0 Å². The zero-order chi connectivity index (χ0) is 10.0. The smallest absolute Gasteiger partial charge is 0.0702 e. The van der Waals surface area contributed by atoms with Gasteiger partial charge in [0.05, 0.1) is 6.10 Å². The van der Waals surface area contributed by atoms with Gasteiger partial charge in [0.15, 0.2) is 0 Å². The van der Waals surface area contributed by atoms with Gasteiger partial charge in [-0.25, -0.2) is 0 Å². The van der Waals surface area contributed by atoms with Crippen LogP contribution in [0.15, 0.2) is 0 Å². The van der Waals surface area contributed by atoms with Gasteiger partial charge in [0.1, 0.15) is 0 Å². The van der Waals surface area contributed by atoms with Crippen LogP contribution in [0.25, 0.3) is 0 Å². The summed E-state index contributed by atoms with van der Waals surface area (Å²) in [5.74, 6) is 0. The van der Waals surface area contributed by atoms with E-state index in [1.54, 1.807) is 0 Å². The number of piperidine rings is 1. The van der Waals surface area contributed by atoms with E-state index in [1.807, 2.05) is 0 Å². The first-order valence-corrected chi connectivity index (χ1v) is 5.79. The predicted octanol–water partition coefficient (Wildman–Crippen LogP) is 0.979. The zero-order valence-electron chi connectivity index (χ0n) is 9.17. The van der Waals surface area contributed by atoms with Gasteiger partial charge in [-0.3, -0.25) is 4.90 Å². The molecular formula is C11H22N2O. The number of hydrogen-bond acceptors (Lipinski definition) is 3. The van der Waals surface area contributed by atoms with Crippen molar-refractivity contribution in [2.75, 3.05) is 26.2 Å². The number of rotatable bonds is 2. The Morgan fingerprint density at radius 1 is 1.50 bits per heavy atom. The van der Waals surface area contributed by atoms with Gasteiger partial charge in [-0.05, 0) is 39.2 Å². The summed E-state index contributed by atoms with van der Waals surface area (Å²) < 4.78 is 5.64. The van der Waals surface area contributed by atoms with Gasteiger partial charge in [0, 0.05) is 25.2 Å². The van der Waals surface area contributed by atoms with E-state index in [-0.39, 0.29) is 5.54 Å². The molecule has 0 aromatic carbocycles. The number of likely N-dealkylation sites (tertiary alicyclic amines) is 1. The molecule has 0 spiro atoms. The third-order valence-corrected chi connectivity index (χ3v) is 3.29. The van der Waals surface area contributed by atoms with E-state index >= 15 is 0 Å². The van der Waals surface area contributed by atoms with E-state index < -0.39 is 0 Å². The highest BCUT2D eigenvalue weighted by Gasteiger charge is 2.29. The Labute approximate surface area is 86.6 Å². The van der Waals surface area contributed by atoms with E-state index in [0.29, 0.717) is 6.10 Å². The van der Waals surface area contributed by atoms with Gasteiger partial charge in [0.25, 0.3) is 0 Å². The molecule has 2 rings (SSSR count). The molecule has 2 saturated heterocycles. The second kappa shape index (κ2) is 4.17. The van der Waals surface area contributed by atoms with Crippen LogP contribution < -0.4 is 5.73 Å². The highest BCUT2D eigenvalue weighted by Crippen LogP contribution is 2.20. The average molecular weight is 198 g/mol. The van der Waals surface area contributed by atoms with Crippen molar-refractivity contribution in [2.45, 2.75) is 44.2 Å². The molecule has 0 saturated carbocycles. The topological polar surface area (TPSA) is 38.5 Å². The third-order valence-electron chi connectivity index (χ3n) is 3.29. The Kier molecular flexibility index (Phi) is 3.10. The molecule has 2 fully saturated rings. The predicted molar refractivity (Wildman–Crippen MR) is 57.2 cm³/mol. The Bertz CT molecular complexity index is 188. The standard InChI is InChI=1S/C11H22N2O/c1-11(12)5-3-6-13(9-11)8-10-4-2-7-14-10/h10H,2-9,12H2,1H3. The lowest BCUT2D eigenvalue weighted by Crippen LogP contribution is -2.53. The molecule has 0 bridgehead atoms. The molecule has 0 radical (unpaired) electrons. The van der Waals surface area contributed by atoms with Crippen LogP contribution >= 0.6 is 0 Å². The summed E-state index contributed by atoms with van der Waals surface area (Å²) >= 11 is 0. The highest BCUT2D eigenvalue weighted by atomic mass is 16.5.